The van der Waals surface area contributed by atoms with Crippen molar-refractivity contribution in [2.45, 2.75) is 20.8 Å². The van der Waals surface area contributed by atoms with E-state index in [4.69, 9.17) is 0 Å². The molecular weight excluding hydrogens is 254 g/mol. The highest BCUT2D eigenvalue weighted by Crippen LogP contribution is 2.30. The summed E-state index contributed by atoms with van der Waals surface area (Å²) in [7, 11) is 0. The third kappa shape index (κ3) is 1.81. The molecule has 0 aliphatic heterocycles. The van der Waals surface area contributed by atoms with Crippen LogP contribution < -0.4 is 0 Å². The van der Waals surface area contributed by atoms with Crippen LogP contribution in [-0.2, 0) is 0 Å². The lowest BCUT2D eigenvalue weighted by atomic mass is 10.1. The molecule has 0 fully saturated rings. The molecule has 78 valence electrons. The van der Waals surface area contributed by atoms with Gasteiger partial charge in [0, 0.05) is 23.1 Å². The molecule has 2 heterocycles. The molecule has 0 amide bonds. The summed E-state index contributed by atoms with van der Waals surface area (Å²) in [5.74, 6) is 0. The van der Waals surface area contributed by atoms with Crippen molar-refractivity contribution in [1.29, 1.82) is 0 Å². The van der Waals surface area contributed by atoms with E-state index in [0.29, 0.717) is 0 Å². The van der Waals surface area contributed by atoms with Crippen molar-refractivity contribution in [3.63, 3.8) is 0 Å². The highest BCUT2D eigenvalue weighted by atomic mass is 79.9. The van der Waals surface area contributed by atoms with E-state index >= 15 is 0 Å². The quantitative estimate of drug-likeness (QED) is 0.861. The zero-order valence-electron chi connectivity index (χ0n) is 8.93. The molecule has 0 saturated heterocycles. The van der Waals surface area contributed by atoms with E-state index in [1.54, 1.807) is 0 Å². The van der Waals surface area contributed by atoms with E-state index in [-0.39, 0.29) is 0 Å². The van der Waals surface area contributed by atoms with Crippen LogP contribution in [0.2, 0.25) is 0 Å². The van der Waals surface area contributed by atoms with Crippen LogP contribution in [0.1, 0.15) is 17.0 Å². The van der Waals surface area contributed by atoms with E-state index in [0.717, 1.165) is 32.7 Å². The van der Waals surface area contributed by atoms with Crippen LogP contribution in [0.25, 0.3) is 11.3 Å². The van der Waals surface area contributed by atoms with Gasteiger partial charge in [0.2, 0.25) is 0 Å². The third-order valence-electron chi connectivity index (χ3n) is 2.37. The average Bonchev–Trinajstić information content (AvgIpc) is 2.52. The lowest BCUT2D eigenvalue weighted by Crippen LogP contribution is -1.89. The van der Waals surface area contributed by atoms with Gasteiger partial charge in [0.25, 0.3) is 0 Å². The fourth-order valence-corrected chi connectivity index (χ4v) is 1.87. The summed E-state index contributed by atoms with van der Waals surface area (Å²) in [5, 5.41) is 7.25. The number of H-pyrrole nitrogens is 1. The van der Waals surface area contributed by atoms with E-state index < -0.39 is 0 Å². The lowest BCUT2D eigenvalue weighted by molar-refractivity contribution is 1.05. The SMILES string of the molecule is Cc1cc(-c2n[nH]c(C)c2Br)c(C)cn1. The first kappa shape index (κ1) is 10.4. The van der Waals surface area contributed by atoms with Crippen LogP contribution in [0.4, 0.5) is 0 Å². The Morgan fingerprint density at radius 2 is 2.00 bits per heavy atom. The number of halogens is 1. The Bertz CT molecular complexity index is 503. The van der Waals surface area contributed by atoms with Gasteiger partial charge < -0.3 is 0 Å². The number of nitrogens with one attached hydrogen (secondary N) is 1. The van der Waals surface area contributed by atoms with Crippen molar-refractivity contribution in [3.8, 4) is 11.3 Å². The lowest BCUT2D eigenvalue weighted by Gasteiger charge is -2.03. The summed E-state index contributed by atoms with van der Waals surface area (Å²) >= 11 is 3.53. The Kier molecular flexibility index (Phi) is 2.61. The van der Waals surface area contributed by atoms with Crippen LogP contribution in [-0.4, -0.2) is 15.2 Å². The van der Waals surface area contributed by atoms with Crippen molar-refractivity contribution >= 4 is 15.9 Å². The van der Waals surface area contributed by atoms with E-state index in [1.807, 2.05) is 27.0 Å². The number of aromatic amines is 1. The zero-order chi connectivity index (χ0) is 11.0. The molecule has 0 aliphatic carbocycles. The standard InChI is InChI=1S/C11H12BrN3/c1-6-5-13-7(2)4-9(6)11-10(12)8(3)14-15-11/h4-5H,1-3H3,(H,14,15). The van der Waals surface area contributed by atoms with Crippen LogP contribution in [0.15, 0.2) is 16.7 Å². The molecule has 0 radical (unpaired) electrons. The maximum atomic E-state index is 4.29. The summed E-state index contributed by atoms with van der Waals surface area (Å²) in [6.45, 7) is 6.01. The molecule has 15 heavy (non-hydrogen) atoms. The second-order valence-electron chi connectivity index (χ2n) is 3.65. The first-order chi connectivity index (χ1) is 7.09. The van der Waals surface area contributed by atoms with Crippen molar-refractivity contribution in [2.24, 2.45) is 0 Å². The molecule has 0 saturated carbocycles. The van der Waals surface area contributed by atoms with Crippen LogP contribution in [0, 0.1) is 20.8 Å². The number of hydrogen-bond donors (Lipinski definition) is 1. The van der Waals surface area contributed by atoms with E-state index in [1.165, 1.54) is 0 Å². The van der Waals surface area contributed by atoms with Gasteiger partial charge in [-0.2, -0.15) is 5.10 Å². The van der Waals surface area contributed by atoms with Crippen LogP contribution in [0.5, 0.6) is 0 Å². The fraction of sp³-hybridized carbons (Fsp3) is 0.273. The van der Waals surface area contributed by atoms with Gasteiger partial charge >= 0.3 is 0 Å². The van der Waals surface area contributed by atoms with Gasteiger partial charge in [-0.3, -0.25) is 10.1 Å². The number of hydrogen-bond acceptors (Lipinski definition) is 2. The molecule has 4 heteroatoms. The average molecular weight is 266 g/mol. The van der Waals surface area contributed by atoms with Gasteiger partial charge in [-0.15, -0.1) is 0 Å². The Balaban J connectivity index is 2.63. The minimum Gasteiger partial charge on any atom is -0.281 e. The molecule has 2 rings (SSSR count). The number of aromatic nitrogens is 3. The molecule has 0 spiro atoms. The van der Waals surface area contributed by atoms with E-state index in [2.05, 4.69) is 37.2 Å². The summed E-state index contributed by atoms with van der Waals surface area (Å²) in [6.07, 6.45) is 1.88. The number of aryl methyl sites for hydroxylation is 3. The first-order valence-corrected chi connectivity index (χ1v) is 5.53. The highest BCUT2D eigenvalue weighted by molar-refractivity contribution is 9.10. The first-order valence-electron chi connectivity index (χ1n) is 4.73. The third-order valence-corrected chi connectivity index (χ3v) is 3.34. The Morgan fingerprint density at radius 3 is 2.60 bits per heavy atom. The summed E-state index contributed by atoms with van der Waals surface area (Å²) in [6, 6.07) is 2.05. The van der Waals surface area contributed by atoms with Gasteiger partial charge in [-0.05, 0) is 48.3 Å². The predicted molar refractivity (Wildman–Crippen MR) is 63.7 cm³/mol. The van der Waals surface area contributed by atoms with Gasteiger partial charge in [0.05, 0.1) is 4.47 Å². The summed E-state index contributed by atoms with van der Waals surface area (Å²) in [4.78, 5) is 4.25. The molecule has 1 N–H and O–H groups in total. The zero-order valence-corrected chi connectivity index (χ0v) is 10.5. The van der Waals surface area contributed by atoms with Crippen molar-refractivity contribution in [3.05, 3.63) is 33.7 Å². The van der Waals surface area contributed by atoms with E-state index in [9.17, 15) is 0 Å². The molecule has 0 unspecified atom stereocenters. The Hall–Kier alpha value is -1.16. The number of pyridine rings is 1. The minimum atomic E-state index is 0.954. The molecular formula is C11H12BrN3. The van der Waals surface area contributed by atoms with Gasteiger partial charge in [-0.1, -0.05) is 0 Å². The monoisotopic (exact) mass is 265 g/mol. The number of nitrogens with zero attached hydrogens (tertiary/aromatic N) is 2. The predicted octanol–water partition coefficient (Wildman–Crippen LogP) is 3.16. The molecule has 0 aromatic carbocycles. The van der Waals surface area contributed by atoms with Gasteiger partial charge in [-0.25, -0.2) is 0 Å². The van der Waals surface area contributed by atoms with Crippen LogP contribution in [0.3, 0.4) is 0 Å². The largest absolute Gasteiger partial charge is 0.281 e. The van der Waals surface area contributed by atoms with Crippen molar-refractivity contribution in [1.82, 2.24) is 15.2 Å². The molecule has 3 nitrogen and oxygen atoms in total. The van der Waals surface area contributed by atoms with Gasteiger partial charge in [0.15, 0.2) is 0 Å². The molecule has 0 atom stereocenters. The van der Waals surface area contributed by atoms with Crippen LogP contribution >= 0.6 is 15.9 Å². The second-order valence-corrected chi connectivity index (χ2v) is 4.44. The topological polar surface area (TPSA) is 41.6 Å². The van der Waals surface area contributed by atoms with Gasteiger partial charge in [0.1, 0.15) is 5.69 Å². The fourth-order valence-electron chi connectivity index (χ4n) is 1.48. The second kappa shape index (κ2) is 3.77. The maximum absolute atomic E-state index is 4.29. The molecule has 0 bridgehead atoms. The normalized spacial score (nSPS) is 10.7. The highest BCUT2D eigenvalue weighted by Gasteiger charge is 2.12. The summed E-state index contributed by atoms with van der Waals surface area (Å²) in [5.41, 5.74) is 5.25. The molecule has 2 aromatic rings. The van der Waals surface area contributed by atoms with Crippen molar-refractivity contribution < 1.29 is 0 Å². The molecule has 0 aliphatic rings. The number of rotatable bonds is 1. The molecule has 2 aromatic heterocycles. The minimum absolute atomic E-state index is 0.954. The smallest absolute Gasteiger partial charge is 0.107 e. The maximum Gasteiger partial charge on any atom is 0.107 e. The Labute approximate surface area is 97.1 Å². The van der Waals surface area contributed by atoms with Crippen molar-refractivity contribution in [2.75, 3.05) is 0 Å². The Morgan fingerprint density at radius 1 is 1.27 bits per heavy atom. The summed E-state index contributed by atoms with van der Waals surface area (Å²) < 4.78 is 1.02.